The number of thiophene rings is 1. The van der Waals surface area contributed by atoms with Crippen LogP contribution in [-0.4, -0.2) is 51.9 Å². The standard InChI is InChI=1S/C17H17N3O4S/c21-15(12-5-8-25-10-12)19-13-3-6-20(7-4-13)16(22)11-1-2-14(17(23)24)18-9-11/h1-2,5,8-10,13H,3-4,6-7H2,(H,19,21)(H,23,24). The van der Waals surface area contributed by atoms with Gasteiger partial charge in [-0.1, -0.05) is 0 Å². The first kappa shape index (κ1) is 17.1. The lowest BCUT2D eigenvalue weighted by atomic mass is 10.0. The van der Waals surface area contributed by atoms with Crippen molar-refractivity contribution in [2.75, 3.05) is 13.1 Å². The lowest BCUT2D eigenvalue weighted by Crippen LogP contribution is -2.46. The molecule has 0 atom stereocenters. The van der Waals surface area contributed by atoms with E-state index in [2.05, 4.69) is 10.3 Å². The number of nitrogens with zero attached hydrogens (tertiary/aromatic N) is 2. The number of nitrogens with one attached hydrogen (secondary N) is 1. The number of carboxylic acid groups (broad SMARTS) is 1. The fraction of sp³-hybridized carbons (Fsp3) is 0.294. The third-order valence-electron chi connectivity index (χ3n) is 4.13. The third-order valence-corrected chi connectivity index (χ3v) is 4.81. The molecule has 1 aliphatic rings. The molecule has 3 heterocycles. The number of carbonyl (C=O) groups excluding carboxylic acids is 2. The van der Waals surface area contributed by atoms with Crippen LogP contribution in [0.4, 0.5) is 0 Å². The summed E-state index contributed by atoms with van der Waals surface area (Å²) in [6.45, 7) is 1.07. The molecule has 0 unspecified atom stereocenters. The van der Waals surface area contributed by atoms with Crippen molar-refractivity contribution in [1.82, 2.24) is 15.2 Å². The maximum atomic E-state index is 12.4. The molecule has 2 aromatic rings. The highest BCUT2D eigenvalue weighted by atomic mass is 32.1. The first-order valence-electron chi connectivity index (χ1n) is 7.86. The molecule has 0 aromatic carbocycles. The van der Waals surface area contributed by atoms with E-state index in [-0.39, 0.29) is 23.6 Å². The second kappa shape index (κ2) is 7.43. The number of aromatic nitrogens is 1. The van der Waals surface area contributed by atoms with Crippen LogP contribution in [0.15, 0.2) is 35.2 Å². The van der Waals surface area contributed by atoms with Gasteiger partial charge in [0.25, 0.3) is 11.8 Å². The molecule has 3 rings (SSSR count). The van der Waals surface area contributed by atoms with Crippen LogP contribution in [0, 0.1) is 0 Å². The summed E-state index contributed by atoms with van der Waals surface area (Å²) in [6, 6.07) is 4.63. The average Bonchev–Trinajstić information content (AvgIpc) is 3.17. The molecule has 1 aliphatic heterocycles. The highest BCUT2D eigenvalue weighted by molar-refractivity contribution is 7.08. The Kier molecular flexibility index (Phi) is 5.08. The molecule has 0 spiro atoms. The van der Waals surface area contributed by atoms with Crippen LogP contribution in [0.2, 0.25) is 0 Å². The van der Waals surface area contributed by atoms with Crippen LogP contribution in [0.5, 0.6) is 0 Å². The average molecular weight is 359 g/mol. The quantitative estimate of drug-likeness (QED) is 0.868. The number of carboxylic acids is 1. The first-order chi connectivity index (χ1) is 12.0. The maximum Gasteiger partial charge on any atom is 0.354 e. The summed E-state index contributed by atoms with van der Waals surface area (Å²) in [4.78, 5) is 40.8. The Morgan fingerprint density at radius 2 is 1.92 bits per heavy atom. The van der Waals surface area contributed by atoms with E-state index in [0.29, 0.717) is 37.1 Å². The van der Waals surface area contributed by atoms with Gasteiger partial charge in [-0.25, -0.2) is 9.78 Å². The van der Waals surface area contributed by atoms with Gasteiger partial charge in [-0.15, -0.1) is 0 Å². The van der Waals surface area contributed by atoms with Gasteiger partial charge in [-0.05, 0) is 36.4 Å². The zero-order valence-electron chi connectivity index (χ0n) is 13.3. The third kappa shape index (κ3) is 4.03. The molecule has 2 N–H and O–H groups in total. The molecule has 0 radical (unpaired) electrons. The predicted octanol–water partition coefficient (Wildman–Crippen LogP) is 1.88. The lowest BCUT2D eigenvalue weighted by Gasteiger charge is -2.32. The van der Waals surface area contributed by atoms with Gasteiger partial charge in [0.2, 0.25) is 0 Å². The molecule has 25 heavy (non-hydrogen) atoms. The number of likely N-dealkylation sites (tertiary alicyclic amines) is 1. The Bertz CT molecular complexity index is 766. The van der Waals surface area contributed by atoms with Crippen molar-refractivity contribution in [2.24, 2.45) is 0 Å². The Labute approximate surface area is 148 Å². The number of rotatable bonds is 4. The van der Waals surface area contributed by atoms with Crippen LogP contribution in [0.1, 0.15) is 44.0 Å². The zero-order chi connectivity index (χ0) is 17.8. The van der Waals surface area contributed by atoms with Crippen LogP contribution >= 0.6 is 11.3 Å². The second-order valence-corrected chi connectivity index (χ2v) is 6.57. The van der Waals surface area contributed by atoms with Crippen molar-refractivity contribution < 1.29 is 19.5 Å². The molecule has 130 valence electrons. The minimum Gasteiger partial charge on any atom is -0.477 e. The van der Waals surface area contributed by atoms with Gasteiger partial charge >= 0.3 is 5.97 Å². The van der Waals surface area contributed by atoms with E-state index in [1.807, 2.05) is 10.8 Å². The van der Waals surface area contributed by atoms with E-state index < -0.39 is 5.97 Å². The molecule has 0 saturated carbocycles. The van der Waals surface area contributed by atoms with Gasteiger partial charge in [0, 0.05) is 36.3 Å². The molecule has 1 saturated heterocycles. The number of hydrogen-bond donors (Lipinski definition) is 2. The topological polar surface area (TPSA) is 99.6 Å². The molecule has 8 heteroatoms. The second-order valence-electron chi connectivity index (χ2n) is 5.79. The monoisotopic (exact) mass is 359 g/mol. The summed E-state index contributed by atoms with van der Waals surface area (Å²) in [7, 11) is 0. The van der Waals surface area contributed by atoms with E-state index in [4.69, 9.17) is 5.11 Å². The molecule has 2 amide bonds. The van der Waals surface area contributed by atoms with Crippen LogP contribution in [-0.2, 0) is 0 Å². The number of pyridine rings is 1. The Morgan fingerprint density at radius 3 is 2.48 bits per heavy atom. The molecule has 0 aliphatic carbocycles. The summed E-state index contributed by atoms with van der Waals surface area (Å²) in [5, 5.41) is 15.5. The van der Waals surface area contributed by atoms with Gasteiger partial charge < -0.3 is 15.3 Å². The predicted molar refractivity (Wildman–Crippen MR) is 91.9 cm³/mol. The van der Waals surface area contributed by atoms with Crippen molar-refractivity contribution in [3.63, 3.8) is 0 Å². The summed E-state index contributed by atoms with van der Waals surface area (Å²) < 4.78 is 0. The Hall–Kier alpha value is -2.74. The summed E-state index contributed by atoms with van der Waals surface area (Å²) in [6.07, 6.45) is 2.65. The van der Waals surface area contributed by atoms with Gasteiger partial charge in [-0.2, -0.15) is 11.3 Å². The maximum absolute atomic E-state index is 12.4. The van der Waals surface area contributed by atoms with Crippen molar-refractivity contribution in [2.45, 2.75) is 18.9 Å². The Balaban J connectivity index is 1.54. The zero-order valence-corrected chi connectivity index (χ0v) is 14.2. The number of hydrogen-bond acceptors (Lipinski definition) is 5. The molecule has 1 fully saturated rings. The van der Waals surface area contributed by atoms with Gasteiger partial charge in [0.15, 0.2) is 0 Å². The van der Waals surface area contributed by atoms with Gasteiger partial charge in [0.1, 0.15) is 5.69 Å². The fourth-order valence-corrected chi connectivity index (χ4v) is 3.35. The van der Waals surface area contributed by atoms with Crippen LogP contribution in [0.3, 0.4) is 0 Å². The molecular formula is C17H17N3O4S. The van der Waals surface area contributed by atoms with Crippen LogP contribution in [0.25, 0.3) is 0 Å². The van der Waals surface area contributed by atoms with E-state index in [1.54, 1.807) is 11.0 Å². The fourth-order valence-electron chi connectivity index (χ4n) is 2.72. The van der Waals surface area contributed by atoms with Crippen LogP contribution < -0.4 is 5.32 Å². The minimum absolute atomic E-state index is 0.0453. The van der Waals surface area contributed by atoms with Crippen molar-refractivity contribution >= 4 is 29.1 Å². The van der Waals surface area contributed by atoms with Crippen molar-refractivity contribution in [3.05, 3.63) is 52.0 Å². The minimum atomic E-state index is -1.12. The van der Waals surface area contributed by atoms with E-state index in [1.165, 1.54) is 29.7 Å². The van der Waals surface area contributed by atoms with E-state index in [0.717, 1.165) is 0 Å². The normalized spacial score (nSPS) is 15.0. The summed E-state index contributed by atoms with van der Waals surface area (Å²) in [5.74, 6) is -1.38. The highest BCUT2D eigenvalue weighted by Crippen LogP contribution is 2.15. The SMILES string of the molecule is O=C(NC1CCN(C(=O)c2ccc(C(=O)O)nc2)CC1)c1ccsc1. The number of amides is 2. The number of aromatic carboxylic acids is 1. The molecular weight excluding hydrogens is 342 g/mol. The lowest BCUT2D eigenvalue weighted by molar-refractivity contribution is 0.0676. The van der Waals surface area contributed by atoms with Crippen molar-refractivity contribution in [3.8, 4) is 0 Å². The molecule has 7 nitrogen and oxygen atoms in total. The smallest absolute Gasteiger partial charge is 0.354 e. The highest BCUT2D eigenvalue weighted by Gasteiger charge is 2.25. The van der Waals surface area contributed by atoms with Gasteiger partial charge in [-0.3, -0.25) is 9.59 Å². The number of piperidine rings is 1. The number of carbonyl (C=O) groups is 3. The molecule has 2 aromatic heterocycles. The summed E-state index contributed by atoms with van der Waals surface area (Å²) >= 11 is 1.48. The molecule has 0 bridgehead atoms. The summed E-state index contributed by atoms with van der Waals surface area (Å²) in [5.41, 5.74) is 0.935. The Morgan fingerprint density at radius 1 is 1.16 bits per heavy atom. The van der Waals surface area contributed by atoms with Gasteiger partial charge in [0.05, 0.1) is 5.56 Å². The first-order valence-corrected chi connectivity index (χ1v) is 8.80. The van der Waals surface area contributed by atoms with Crippen molar-refractivity contribution in [1.29, 1.82) is 0 Å². The largest absolute Gasteiger partial charge is 0.477 e. The van der Waals surface area contributed by atoms with E-state index >= 15 is 0 Å². The van der Waals surface area contributed by atoms with E-state index in [9.17, 15) is 14.4 Å².